The van der Waals surface area contributed by atoms with Crippen LogP contribution in [0.5, 0.6) is 0 Å². The Bertz CT molecular complexity index is 610. The standard InChI is InChI=1S/C19H31F2N3O2/c1-5-11-18(3,12-6-2)26-16(25)13-14-9-7-8-10-15-17(19(14,20)21)22-23-24(15)4/h14H,5-13H2,1-4H3. The highest BCUT2D eigenvalue weighted by Crippen LogP contribution is 2.43. The van der Waals surface area contributed by atoms with Gasteiger partial charge < -0.3 is 4.74 Å². The molecule has 0 amide bonds. The number of nitrogens with zero attached hydrogens (tertiary/aromatic N) is 3. The molecule has 0 aliphatic heterocycles. The fraction of sp³-hybridized carbons (Fsp3) is 0.842. The Morgan fingerprint density at radius 3 is 2.58 bits per heavy atom. The third-order valence-corrected chi connectivity index (χ3v) is 5.32. The summed E-state index contributed by atoms with van der Waals surface area (Å²) in [7, 11) is 1.63. The van der Waals surface area contributed by atoms with Gasteiger partial charge in [0.05, 0.1) is 12.1 Å². The number of hydrogen-bond donors (Lipinski definition) is 0. The highest BCUT2D eigenvalue weighted by atomic mass is 19.3. The molecule has 0 radical (unpaired) electrons. The Morgan fingerprint density at radius 2 is 1.96 bits per heavy atom. The largest absolute Gasteiger partial charge is 0.459 e. The molecule has 5 nitrogen and oxygen atoms in total. The van der Waals surface area contributed by atoms with Gasteiger partial charge in [-0.25, -0.2) is 0 Å². The average molecular weight is 371 g/mol. The molecule has 1 unspecified atom stereocenters. The summed E-state index contributed by atoms with van der Waals surface area (Å²) in [6.45, 7) is 5.95. The molecule has 1 aliphatic carbocycles. The van der Waals surface area contributed by atoms with Crippen molar-refractivity contribution in [3.63, 3.8) is 0 Å². The quantitative estimate of drug-likeness (QED) is 0.660. The molecule has 1 aromatic rings. The number of carbonyl (C=O) groups is 1. The zero-order chi connectivity index (χ0) is 19.4. The lowest BCUT2D eigenvalue weighted by atomic mass is 9.85. The van der Waals surface area contributed by atoms with E-state index in [9.17, 15) is 4.79 Å². The molecule has 0 aromatic carbocycles. The van der Waals surface area contributed by atoms with E-state index in [1.54, 1.807) is 7.05 Å². The molecule has 0 N–H and O–H groups in total. The van der Waals surface area contributed by atoms with E-state index >= 15 is 8.78 Å². The van der Waals surface area contributed by atoms with E-state index in [2.05, 4.69) is 10.3 Å². The van der Waals surface area contributed by atoms with Gasteiger partial charge in [0.2, 0.25) is 0 Å². The van der Waals surface area contributed by atoms with Crippen molar-refractivity contribution < 1.29 is 18.3 Å². The van der Waals surface area contributed by atoms with Crippen molar-refractivity contribution in [3.05, 3.63) is 11.4 Å². The zero-order valence-electron chi connectivity index (χ0n) is 16.4. The van der Waals surface area contributed by atoms with E-state index in [-0.39, 0.29) is 18.5 Å². The highest BCUT2D eigenvalue weighted by Gasteiger charge is 2.47. The van der Waals surface area contributed by atoms with E-state index < -0.39 is 23.4 Å². The number of esters is 1. The molecule has 2 rings (SSSR count). The van der Waals surface area contributed by atoms with Crippen LogP contribution in [0.15, 0.2) is 0 Å². The first-order chi connectivity index (χ1) is 12.2. The second-order valence-corrected chi connectivity index (χ2v) is 7.70. The molecule has 1 atom stereocenters. The molecule has 1 heterocycles. The molecule has 0 fully saturated rings. The SMILES string of the molecule is CCCC(C)(CCC)OC(=O)CC1CCCCc2c(nnn2C)C1(F)F. The van der Waals surface area contributed by atoms with Gasteiger partial charge in [0.25, 0.3) is 5.92 Å². The van der Waals surface area contributed by atoms with Crippen molar-refractivity contribution in [3.8, 4) is 0 Å². The van der Waals surface area contributed by atoms with E-state index in [1.807, 2.05) is 20.8 Å². The smallest absolute Gasteiger partial charge is 0.306 e. The Balaban J connectivity index is 2.15. The van der Waals surface area contributed by atoms with Crippen molar-refractivity contribution >= 4 is 5.97 Å². The van der Waals surface area contributed by atoms with Gasteiger partial charge in [-0.15, -0.1) is 5.10 Å². The van der Waals surface area contributed by atoms with Crippen molar-refractivity contribution in [2.45, 2.75) is 90.1 Å². The second kappa shape index (κ2) is 8.44. The Hall–Kier alpha value is -1.53. The van der Waals surface area contributed by atoms with E-state index in [0.717, 1.165) is 32.1 Å². The minimum Gasteiger partial charge on any atom is -0.459 e. The maximum absolute atomic E-state index is 15.1. The van der Waals surface area contributed by atoms with Crippen molar-refractivity contribution in [1.29, 1.82) is 0 Å². The van der Waals surface area contributed by atoms with Crippen LogP contribution in [0.25, 0.3) is 0 Å². The zero-order valence-corrected chi connectivity index (χ0v) is 16.4. The summed E-state index contributed by atoms with van der Waals surface area (Å²) in [5.41, 5.74) is -0.382. The molecule has 26 heavy (non-hydrogen) atoms. The third kappa shape index (κ3) is 4.60. The fourth-order valence-electron chi connectivity index (χ4n) is 4.01. The first-order valence-electron chi connectivity index (χ1n) is 9.72. The van der Waals surface area contributed by atoms with E-state index in [4.69, 9.17) is 4.74 Å². The summed E-state index contributed by atoms with van der Waals surface area (Å²) in [5.74, 6) is -4.81. The molecule has 0 bridgehead atoms. The van der Waals surface area contributed by atoms with Gasteiger partial charge >= 0.3 is 5.97 Å². The van der Waals surface area contributed by atoms with E-state index in [0.29, 0.717) is 18.5 Å². The Kier molecular flexibility index (Phi) is 6.74. The van der Waals surface area contributed by atoms with E-state index in [1.165, 1.54) is 4.68 Å². The molecule has 148 valence electrons. The lowest BCUT2D eigenvalue weighted by Gasteiger charge is -2.32. The van der Waals surface area contributed by atoms with Gasteiger partial charge in [-0.1, -0.05) is 38.3 Å². The lowest BCUT2D eigenvalue weighted by molar-refractivity contribution is -0.166. The number of fused-ring (bicyclic) bond motifs is 1. The lowest BCUT2D eigenvalue weighted by Crippen LogP contribution is -2.35. The van der Waals surface area contributed by atoms with Crippen LogP contribution in [-0.4, -0.2) is 26.6 Å². The monoisotopic (exact) mass is 371 g/mol. The topological polar surface area (TPSA) is 57.0 Å². The van der Waals surface area contributed by atoms with Gasteiger partial charge in [-0.3, -0.25) is 9.48 Å². The normalized spacial score (nSPS) is 20.2. The summed E-state index contributed by atoms with van der Waals surface area (Å²) in [6.07, 6.45) is 5.22. The predicted octanol–water partition coefficient (Wildman–Crippen LogP) is 4.54. The number of aromatic nitrogens is 3. The molecule has 0 saturated carbocycles. The summed E-state index contributed by atoms with van der Waals surface area (Å²) in [6, 6.07) is 0. The minimum atomic E-state index is -3.17. The van der Waals surface area contributed by atoms with Crippen molar-refractivity contribution in [2.75, 3.05) is 0 Å². The first-order valence-corrected chi connectivity index (χ1v) is 9.72. The number of carbonyl (C=O) groups excluding carboxylic acids is 1. The van der Waals surface area contributed by atoms with Crippen LogP contribution in [-0.2, 0) is 28.9 Å². The fourth-order valence-corrected chi connectivity index (χ4v) is 4.01. The number of halogens is 2. The van der Waals surface area contributed by atoms with Crippen LogP contribution in [0, 0.1) is 5.92 Å². The van der Waals surface area contributed by atoms with Gasteiger partial charge in [0.15, 0.2) is 5.69 Å². The van der Waals surface area contributed by atoms with Crippen LogP contribution >= 0.6 is 0 Å². The number of alkyl halides is 2. The minimum absolute atomic E-state index is 0.276. The molecule has 7 heteroatoms. The molecular weight excluding hydrogens is 340 g/mol. The van der Waals surface area contributed by atoms with Crippen LogP contribution in [0.2, 0.25) is 0 Å². The van der Waals surface area contributed by atoms with Gasteiger partial charge in [-0.05, 0) is 39.0 Å². The summed E-state index contributed by atoms with van der Waals surface area (Å²) >= 11 is 0. The number of rotatable bonds is 7. The van der Waals surface area contributed by atoms with Gasteiger partial charge in [-0.2, -0.15) is 8.78 Å². The van der Waals surface area contributed by atoms with Crippen LogP contribution in [0.4, 0.5) is 8.78 Å². The van der Waals surface area contributed by atoms with Crippen molar-refractivity contribution in [1.82, 2.24) is 15.0 Å². The number of aryl methyl sites for hydroxylation is 1. The summed E-state index contributed by atoms with van der Waals surface area (Å²) < 4.78 is 37.2. The summed E-state index contributed by atoms with van der Waals surface area (Å²) in [5, 5.41) is 7.48. The van der Waals surface area contributed by atoms with Crippen LogP contribution < -0.4 is 0 Å². The first kappa shape index (κ1) is 20.8. The van der Waals surface area contributed by atoms with Gasteiger partial charge in [0, 0.05) is 13.0 Å². The van der Waals surface area contributed by atoms with Crippen molar-refractivity contribution in [2.24, 2.45) is 13.0 Å². The average Bonchev–Trinajstić information content (AvgIpc) is 2.90. The Morgan fingerprint density at radius 1 is 1.31 bits per heavy atom. The number of hydrogen-bond acceptors (Lipinski definition) is 4. The maximum atomic E-state index is 15.1. The molecule has 0 spiro atoms. The second-order valence-electron chi connectivity index (χ2n) is 7.70. The van der Waals surface area contributed by atoms with Gasteiger partial charge in [0.1, 0.15) is 5.60 Å². The van der Waals surface area contributed by atoms with Crippen LogP contribution in [0.3, 0.4) is 0 Å². The highest BCUT2D eigenvalue weighted by molar-refractivity contribution is 5.70. The molecule has 1 aliphatic rings. The predicted molar refractivity (Wildman–Crippen MR) is 94.9 cm³/mol. The maximum Gasteiger partial charge on any atom is 0.306 e. The summed E-state index contributed by atoms with van der Waals surface area (Å²) in [4.78, 5) is 12.5. The number of ether oxygens (including phenoxy) is 1. The molecular formula is C19H31F2N3O2. The molecule has 1 aromatic heterocycles. The molecule has 0 saturated heterocycles. The Labute approximate surface area is 154 Å². The van der Waals surface area contributed by atoms with Crippen LogP contribution in [0.1, 0.15) is 83.5 Å². The third-order valence-electron chi connectivity index (χ3n) is 5.32.